The Kier molecular flexibility index (Phi) is 3.27. The molecule has 0 spiro atoms. The van der Waals surface area contributed by atoms with Gasteiger partial charge in [-0.15, -0.1) is 22.7 Å². The van der Waals surface area contributed by atoms with Crippen molar-refractivity contribution in [2.24, 2.45) is 0 Å². The fraction of sp³-hybridized carbons (Fsp3) is 0.462. The highest BCUT2D eigenvalue weighted by Gasteiger charge is 2.24. The zero-order chi connectivity index (χ0) is 11.7. The average Bonchev–Trinajstić information content (AvgIpc) is 2.98. The third-order valence-electron chi connectivity index (χ3n) is 3.13. The third kappa shape index (κ3) is 2.17. The summed E-state index contributed by atoms with van der Waals surface area (Å²) in [5.74, 6) is 0. The fourth-order valence-corrected chi connectivity index (χ4v) is 4.38. The fourth-order valence-electron chi connectivity index (χ4n) is 2.37. The lowest BCUT2D eigenvalue weighted by Crippen LogP contribution is -2.23. The molecule has 1 atom stereocenters. The molecule has 2 heterocycles. The molecule has 1 aliphatic rings. The highest BCUT2D eigenvalue weighted by atomic mass is 32.1. The molecule has 0 aliphatic heterocycles. The first-order valence-electron chi connectivity index (χ1n) is 6.15. The number of aromatic nitrogens is 1. The molecule has 4 heteroatoms. The summed E-state index contributed by atoms with van der Waals surface area (Å²) in [5.41, 5.74) is 1.33. The Morgan fingerprint density at radius 3 is 3.24 bits per heavy atom. The van der Waals surface area contributed by atoms with Crippen molar-refractivity contribution in [3.63, 3.8) is 0 Å². The maximum atomic E-state index is 4.81. The van der Waals surface area contributed by atoms with Gasteiger partial charge in [-0.3, -0.25) is 0 Å². The number of thiazole rings is 1. The minimum Gasteiger partial charge on any atom is -0.309 e. The van der Waals surface area contributed by atoms with Crippen molar-refractivity contribution in [2.45, 2.75) is 32.2 Å². The molecule has 0 bridgehead atoms. The van der Waals surface area contributed by atoms with Crippen molar-refractivity contribution >= 4 is 22.7 Å². The van der Waals surface area contributed by atoms with Gasteiger partial charge < -0.3 is 5.32 Å². The van der Waals surface area contributed by atoms with Crippen LogP contribution in [-0.2, 0) is 6.42 Å². The molecule has 1 unspecified atom stereocenters. The average molecular weight is 264 g/mol. The van der Waals surface area contributed by atoms with Crippen molar-refractivity contribution in [1.82, 2.24) is 10.3 Å². The smallest absolute Gasteiger partial charge is 0.133 e. The summed E-state index contributed by atoms with van der Waals surface area (Å²) in [7, 11) is 0. The Labute approximate surface area is 110 Å². The van der Waals surface area contributed by atoms with Crippen LogP contribution in [0.5, 0.6) is 0 Å². The lowest BCUT2D eigenvalue weighted by atomic mass is 9.98. The van der Waals surface area contributed by atoms with Crippen molar-refractivity contribution in [3.05, 3.63) is 28.1 Å². The number of hydrogen-bond acceptors (Lipinski definition) is 4. The Balaban J connectivity index is 1.96. The van der Waals surface area contributed by atoms with E-state index in [-0.39, 0.29) is 0 Å². The molecule has 0 radical (unpaired) electrons. The Hall–Kier alpha value is -0.710. The lowest BCUT2D eigenvalue weighted by Gasteiger charge is -2.21. The van der Waals surface area contributed by atoms with E-state index in [4.69, 9.17) is 4.98 Å². The van der Waals surface area contributed by atoms with E-state index in [9.17, 15) is 0 Å². The lowest BCUT2D eigenvalue weighted by molar-refractivity contribution is 0.476. The Bertz CT molecular complexity index is 487. The SMILES string of the molecule is CCNC1CCCc2nc(-c3cccs3)sc21. The molecule has 2 aromatic rings. The molecule has 1 N–H and O–H groups in total. The predicted octanol–water partition coefficient (Wildman–Crippen LogP) is 3.86. The second-order valence-electron chi connectivity index (χ2n) is 4.31. The second kappa shape index (κ2) is 4.88. The van der Waals surface area contributed by atoms with E-state index in [1.54, 1.807) is 11.3 Å². The molecule has 17 heavy (non-hydrogen) atoms. The van der Waals surface area contributed by atoms with Gasteiger partial charge in [0.2, 0.25) is 0 Å². The van der Waals surface area contributed by atoms with Crippen LogP contribution in [0.4, 0.5) is 0 Å². The van der Waals surface area contributed by atoms with E-state index in [1.165, 1.54) is 33.3 Å². The second-order valence-corrected chi connectivity index (χ2v) is 6.29. The van der Waals surface area contributed by atoms with Crippen molar-refractivity contribution in [1.29, 1.82) is 0 Å². The quantitative estimate of drug-likeness (QED) is 0.910. The summed E-state index contributed by atoms with van der Waals surface area (Å²) in [6, 6.07) is 4.80. The van der Waals surface area contributed by atoms with Gasteiger partial charge in [0.15, 0.2) is 0 Å². The van der Waals surface area contributed by atoms with Crippen LogP contribution in [-0.4, -0.2) is 11.5 Å². The highest BCUT2D eigenvalue weighted by Crippen LogP contribution is 2.38. The van der Waals surface area contributed by atoms with E-state index in [1.807, 2.05) is 11.3 Å². The van der Waals surface area contributed by atoms with E-state index in [2.05, 4.69) is 29.8 Å². The Morgan fingerprint density at radius 2 is 2.47 bits per heavy atom. The standard InChI is InChI=1S/C13H16N2S2/c1-2-14-9-5-3-6-10-12(9)17-13(15-10)11-7-4-8-16-11/h4,7-9,14H,2-3,5-6H2,1H3. The zero-order valence-corrected chi connectivity index (χ0v) is 11.5. The maximum absolute atomic E-state index is 4.81. The normalized spacial score (nSPS) is 19.2. The van der Waals surface area contributed by atoms with Gasteiger partial charge in [0.1, 0.15) is 5.01 Å². The number of thiophene rings is 1. The first-order chi connectivity index (χ1) is 8.38. The molecule has 0 saturated heterocycles. The monoisotopic (exact) mass is 264 g/mol. The molecule has 3 rings (SSSR count). The van der Waals surface area contributed by atoms with E-state index < -0.39 is 0 Å². The van der Waals surface area contributed by atoms with Gasteiger partial charge in [0.05, 0.1) is 10.6 Å². The van der Waals surface area contributed by atoms with Crippen LogP contribution in [0, 0.1) is 0 Å². The summed E-state index contributed by atoms with van der Waals surface area (Å²) in [6.45, 7) is 3.21. The van der Waals surface area contributed by atoms with E-state index in [0.29, 0.717) is 6.04 Å². The number of fused-ring (bicyclic) bond motifs is 1. The summed E-state index contributed by atoms with van der Waals surface area (Å²) in [4.78, 5) is 7.59. The highest BCUT2D eigenvalue weighted by molar-refractivity contribution is 7.21. The Morgan fingerprint density at radius 1 is 1.53 bits per heavy atom. The van der Waals surface area contributed by atoms with E-state index >= 15 is 0 Å². The van der Waals surface area contributed by atoms with Gasteiger partial charge in [-0.2, -0.15) is 0 Å². The number of aryl methyl sites for hydroxylation is 1. The molecule has 0 amide bonds. The number of rotatable bonds is 3. The summed E-state index contributed by atoms with van der Waals surface area (Å²) in [6.07, 6.45) is 3.67. The van der Waals surface area contributed by atoms with Crippen LogP contribution in [0.25, 0.3) is 9.88 Å². The molecule has 90 valence electrons. The molecule has 1 aliphatic carbocycles. The third-order valence-corrected chi connectivity index (χ3v) is 5.38. The molecule has 0 fully saturated rings. The van der Waals surface area contributed by atoms with Gasteiger partial charge in [-0.05, 0) is 37.3 Å². The van der Waals surface area contributed by atoms with Crippen LogP contribution in [0.3, 0.4) is 0 Å². The topological polar surface area (TPSA) is 24.9 Å². The van der Waals surface area contributed by atoms with Gasteiger partial charge in [-0.1, -0.05) is 13.0 Å². The molecular formula is C13H16N2S2. The maximum Gasteiger partial charge on any atom is 0.133 e. The van der Waals surface area contributed by atoms with Crippen LogP contribution in [0.15, 0.2) is 17.5 Å². The van der Waals surface area contributed by atoms with Crippen LogP contribution in [0.2, 0.25) is 0 Å². The largest absolute Gasteiger partial charge is 0.309 e. The van der Waals surface area contributed by atoms with Crippen molar-refractivity contribution in [3.8, 4) is 9.88 Å². The minimum absolute atomic E-state index is 0.537. The summed E-state index contributed by atoms with van der Waals surface area (Å²) in [5, 5.41) is 6.90. The first-order valence-corrected chi connectivity index (χ1v) is 7.85. The predicted molar refractivity (Wildman–Crippen MR) is 74.8 cm³/mol. The molecule has 2 aromatic heterocycles. The van der Waals surface area contributed by atoms with Gasteiger partial charge in [-0.25, -0.2) is 4.98 Å². The number of nitrogens with one attached hydrogen (secondary N) is 1. The van der Waals surface area contributed by atoms with Crippen LogP contribution < -0.4 is 5.32 Å². The summed E-state index contributed by atoms with van der Waals surface area (Å²) < 4.78 is 0. The van der Waals surface area contributed by atoms with Crippen LogP contribution >= 0.6 is 22.7 Å². The molecule has 0 aromatic carbocycles. The first kappa shape index (κ1) is 11.4. The molecule has 0 saturated carbocycles. The molecule has 2 nitrogen and oxygen atoms in total. The number of nitrogens with zero attached hydrogens (tertiary/aromatic N) is 1. The zero-order valence-electron chi connectivity index (χ0n) is 9.90. The van der Waals surface area contributed by atoms with Crippen molar-refractivity contribution in [2.75, 3.05) is 6.54 Å². The van der Waals surface area contributed by atoms with Crippen molar-refractivity contribution < 1.29 is 0 Å². The van der Waals surface area contributed by atoms with Gasteiger partial charge in [0.25, 0.3) is 0 Å². The van der Waals surface area contributed by atoms with Gasteiger partial charge in [0, 0.05) is 10.9 Å². The van der Waals surface area contributed by atoms with Crippen LogP contribution in [0.1, 0.15) is 36.4 Å². The minimum atomic E-state index is 0.537. The summed E-state index contributed by atoms with van der Waals surface area (Å²) >= 11 is 3.66. The van der Waals surface area contributed by atoms with Gasteiger partial charge >= 0.3 is 0 Å². The molecular weight excluding hydrogens is 248 g/mol. The van der Waals surface area contributed by atoms with E-state index in [0.717, 1.165) is 13.0 Å². The number of hydrogen-bond donors (Lipinski definition) is 1.